The summed E-state index contributed by atoms with van der Waals surface area (Å²) in [6.07, 6.45) is 1.46. The molecule has 7 heteroatoms. The van der Waals surface area contributed by atoms with Crippen molar-refractivity contribution in [1.29, 1.82) is 0 Å². The molecule has 2 heterocycles. The zero-order chi connectivity index (χ0) is 17.6. The summed E-state index contributed by atoms with van der Waals surface area (Å²) in [7, 11) is -2.10. The van der Waals surface area contributed by atoms with Crippen molar-refractivity contribution in [2.75, 3.05) is 25.1 Å². The van der Waals surface area contributed by atoms with Crippen molar-refractivity contribution in [3.63, 3.8) is 0 Å². The molecular formula is C18H18N2O4S. The summed E-state index contributed by atoms with van der Waals surface area (Å²) in [6.45, 7) is 1.20. The minimum Gasteiger partial charge on any atom is -0.493 e. The Morgan fingerprint density at radius 1 is 1.12 bits per heavy atom. The fraction of sp³-hybridized carbons (Fsp3) is 0.278. The molecule has 0 atom stereocenters. The van der Waals surface area contributed by atoms with E-state index in [-0.39, 0.29) is 10.8 Å². The molecule has 1 amide bonds. The number of amides is 1. The lowest BCUT2D eigenvalue weighted by molar-refractivity contribution is 0.0989. The van der Waals surface area contributed by atoms with Gasteiger partial charge in [0.15, 0.2) is 0 Å². The number of nitrogens with one attached hydrogen (secondary N) is 1. The Kier molecular flexibility index (Phi) is 3.77. The molecule has 0 saturated heterocycles. The highest BCUT2D eigenvalue weighted by Crippen LogP contribution is 2.32. The lowest BCUT2D eigenvalue weighted by atomic mass is 10.1. The van der Waals surface area contributed by atoms with Gasteiger partial charge in [0.05, 0.1) is 11.5 Å². The molecule has 130 valence electrons. The monoisotopic (exact) mass is 358 g/mol. The van der Waals surface area contributed by atoms with Crippen molar-refractivity contribution in [2.24, 2.45) is 0 Å². The van der Waals surface area contributed by atoms with Crippen molar-refractivity contribution in [3.05, 3.63) is 53.1 Å². The van der Waals surface area contributed by atoms with Crippen LogP contribution in [0.4, 0.5) is 5.69 Å². The average Bonchev–Trinajstić information content (AvgIpc) is 3.26. The molecule has 2 aliphatic rings. The highest BCUT2D eigenvalue weighted by molar-refractivity contribution is 7.89. The van der Waals surface area contributed by atoms with Gasteiger partial charge in [-0.1, -0.05) is 0 Å². The number of carbonyl (C=O) groups excluding carboxylic acids is 1. The van der Waals surface area contributed by atoms with Crippen LogP contribution in [0.3, 0.4) is 0 Å². The maximum atomic E-state index is 12.9. The third kappa shape index (κ3) is 2.69. The molecule has 2 aromatic rings. The Morgan fingerprint density at radius 3 is 2.76 bits per heavy atom. The second kappa shape index (κ2) is 5.86. The van der Waals surface area contributed by atoms with Crippen LogP contribution in [-0.4, -0.2) is 34.5 Å². The highest BCUT2D eigenvalue weighted by atomic mass is 32.2. The van der Waals surface area contributed by atoms with Crippen LogP contribution in [0.2, 0.25) is 0 Å². The topological polar surface area (TPSA) is 75.7 Å². The van der Waals surface area contributed by atoms with E-state index in [0.717, 1.165) is 29.0 Å². The fourth-order valence-electron chi connectivity index (χ4n) is 3.35. The third-order valence-corrected chi connectivity index (χ3v) is 6.12. The van der Waals surface area contributed by atoms with Gasteiger partial charge in [-0.2, -0.15) is 0 Å². The average molecular weight is 358 g/mol. The minimum absolute atomic E-state index is 0.0716. The first-order chi connectivity index (χ1) is 12.0. The maximum absolute atomic E-state index is 12.9. The summed E-state index contributed by atoms with van der Waals surface area (Å²) in [5, 5.41) is 0. The molecule has 2 aromatic carbocycles. The van der Waals surface area contributed by atoms with Crippen LogP contribution >= 0.6 is 0 Å². The first-order valence-corrected chi connectivity index (χ1v) is 9.62. The summed E-state index contributed by atoms with van der Waals surface area (Å²) in [5.41, 5.74) is 3.33. The van der Waals surface area contributed by atoms with E-state index < -0.39 is 10.0 Å². The molecule has 0 aliphatic carbocycles. The van der Waals surface area contributed by atoms with E-state index in [1.54, 1.807) is 23.1 Å². The number of sulfonamides is 1. The van der Waals surface area contributed by atoms with Gasteiger partial charge in [-0.25, -0.2) is 13.1 Å². The summed E-state index contributed by atoms with van der Waals surface area (Å²) < 4.78 is 31.7. The predicted molar refractivity (Wildman–Crippen MR) is 93.7 cm³/mol. The van der Waals surface area contributed by atoms with E-state index in [2.05, 4.69) is 4.72 Å². The van der Waals surface area contributed by atoms with Gasteiger partial charge >= 0.3 is 0 Å². The number of carbonyl (C=O) groups is 1. The molecule has 4 rings (SSSR count). The molecule has 0 aromatic heterocycles. The van der Waals surface area contributed by atoms with Crippen molar-refractivity contribution in [1.82, 2.24) is 4.72 Å². The smallest absolute Gasteiger partial charge is 0.258 e. The summed E-state index contributed by atoms with van der Waals surface area (Å²) >= 11 is 0. The summed E-state index contributed by atoms with van der Waals surface area (Å²) in [6, 6.07) is 10.4. The number of hydrogen-bond acceptors (Lipinski definition) is 4. The predicted octanol–water partition coefficient (Wildman–Crippen LogP) is 1.73. The lowest BCUT2D eigenvalue weighted by Gasteiger charge is -2.18. The van der Waals surface area contributed by atoms with Gasteiger partial charge in [-0.05, 0) is 61.0 Å². The van der Waals surface area contributed by atoms with Gasteiger partial charge in [-0.15, -0.1) is 0 Å². The molecule has 0 unspecified atom stereocenters. The molecule has 6 nitrogen and oxygen atoms in total. The van der Waals surface area contributed by atoms with E-state index in [0.29, 0.717) is 25.1 Å². The quantitative estimate of drug-likeness (QED) is 0.907. The molecule has 0 fully saturated rings. The van der Waals surface area contributed by atoms with Crippen LogP contribution in [0.1, 0.15) is 21.5 Å². The molecule has 0 spiro atoms. The zero-order valence-electron chi connectivity index (χ0n) is 13.8. The van der Waals surface area contributed by atoms with Gasteiger partial charge < -0.3 is 9.64 Å². The Hall–Kier alpha value is -2.38. The molecule has 0 saturated carbocycles. The van der Waals surface area contributed by atoms with Crippen LogP contribution < -0.4 is 14.4 Å². The van der Waals surface area contributed by atoms with E-state index >= 15 is 0 Å². The van der Waals surface area contributed by atoms with Crippen LogP contribution in [-0.2, 0) is 22.9 Å². The molecule has 0 bridgehead atoms. The Bertz CT molecular complexity index is 969. The fourth-order valence-corrected chi connectivity index (χ4v) is 4.13. The van der Waals surface area contributed by atoms with Crippen molar-refractivity contribution >= 4 is 21.6 Å². The van der Waals surface area contributed by atoms with Gasteiger partial charge in [0.25, 0.3) is 5.91 Å². The Morgan fingerprint density at radius 2 is 1.96 bits per heavy atom. The largest absolute Gasteiger partial charge is 0.493 e. The maximum Gasteiger partial charge on any atom is 0.258 e. The SMILES string of the molecule is CNS(=O)(=O)c1ccc2c(c1)CCN2C(=O)c1ccc2c(c1)CCO2. The number of benzene rings is 2. The second-order valence-electron chi connectivity index (χ2n) is 6.13. The van der Waals surface area contributed by atoms with E-state index in [4.69, 9.17) is 4.74 Å². The van der Waals surface area contributed by atoms with Gasteiger partial charge in [0.2, 0.25) is 10.0 Å². The highest BCUT2D eigenvalue weighted by Gasteiger charge is 2.28. The lowest BCUT2D eigenvalue weighted by Crippen LogP contribution is -2.28. The number of fused-ring (bicyclic) bond motifs is 2. The molecule has 2 aliphatic heterocycles. The molecule has 0 radical (unpaired) electrons. The number of anilines is 1. The van der Waals surface area contributed by atoms with Crippen molar-refractivity contribution in [3.8, 4) is 5.75 Å². The third-order valence-electron chi connectivity index (χ3n) is 4.71. The van der Waals surface area contributed by atoms with Crippen LogP contribution in [0, 0.1) is 0 Å². The van der Waals surface area contributed by atoms with Crippen molar-refractivity contribution in [2.45, 2.75) is 17.7 Å². The van der Waals surface area contributed by atoms with E-state index in [1.165, 1.54) is 13.1 Å². The molecule has 1 N–H and O–H groups in total. The van der Waals surface area contributed by atoms with Crippen LogP contribution in [0.25, 0.3) is 0 Å². The first-order valence-electron chi connectivity index (χ1n) is 8.14. The normalized spacial score (nSPS) is 15.6. The Labute approximate surface area is 146 Å². The van der Waals surface area contributed by atoms with Crippen LogP contribution in [0.15, 0.2) is 41.3 Å². The van der Waals surface area contributed by atoms with Gasteiger partial charge in [-0.3, -0.25) is 4.79 Å². The first kappa shape index (κ1) is 16.1. The Balaban J connectivity index is 1.65. The van der Waals surface area contributed by atoms with E-state index in [1.807, 2.05) is 12.1 Å². The zero-order valence-corrected chi connectivity index (χ0v) is 14.6. The van der Waals surface area contributed by atoms with Crippen LogP contribution in [0.5, 0.6) is 5.75 Å². The van der Waals surface area contributed by atoms with Gasteiger partial charge in [0, 0.05) is 24.2 Å². The second-order valence-corrected chi connectivity index (χ2v) is 8.01. The molecular weight excluding hydrogens is 340 g/mol. The number of nitrogens with zero attached hydrogens (tertiary/aromatic N) is 1. The number of hydrogen-bond donors (Lipinski definition) is 1. The van der Waals surface area contributed by atoms with E-state index in [9.17, 15) is 13.2 Å². The summed E-state index contributed by atoms with van der Waals surface area (Å²) in [5.74, 6) is 0.776. The molecule has 25 heavy (non-hydrogen) atoms. The number of ether oxygens (including phenoxy) is 1. The van der Waals surface area contributed by atoms with Gasteiger partial charge in [0.1, 0.15) is 5.75 Å². The number of rotatable bonds is 3. The minimum atomic E-state index is -3.48. The summed E-state index contributed by atoms with van der Waals surface area (Å²) in [4.78, 5) is 14.8. The standard InChI is InChI=1S/C18H18N2O4S/c1-19-25(22,23)15-3-4-16-12(11-15)6-8-20(16)18(21)14-2-5-17-13(10-14)7-9-24-17/h2-5,10-11,19H,6-9H2,1H3. The van der Waals surface area contributed by atoms with Crippen molar-refractivity contribution < 1.29 is 17.9 Å².